The molecule has 1 fully saturated rings. The molecule has 0 bridgehead atoms. The highest BCUT2D eigenvalue weighted by Gasteiger charge is 2.47. The van der Waals surface area contributed by atoms with Crippen LogP contribution < -0.4 is 0 Å². The van der Waals surface area contributed by atoms with E-state index in [9.17, 15) is 14.0 Å². The summed E-state index contributed by atoms with van der Waals surface area (Å²) in [5.41, 5.74) is 0.0194. The number of halogens is 1. The number of amides is 1. The Morgan fingerprint density at radius 3 is 2.60 bits per heavy atom. The largest absolute Gasteiger partial charge is 0.481 e. The standard InChI is InChI=1S/C15H18FNO3/c1-17(9-6-13(18)19)14(20)15(7-3-8-15)11-4-2-5-12(16)10-11/h2,4-5,10H,3,6-9H2,1H3,(H,18,19). The maximum Gasteiger partial charge on any atom is 0.305 e. The number of carboxylic acids is 1. The molecule has 0 unspecified atom stereocenters. The van der Waals surface area contributed by atoms with Crippen molar-refractivity contribution in [2.45, 2.75) is 31.1 Å². The summed E-state index contributed by atoms with van der Waals surface area (Å²) in [6.45, 7) is 0.172. The highest BCUT2D eigenvalue weighted by Crippen LogP contribution is 2.45. The van der Waals surface area contributed by atoms with Crippen LogP contribution in [0, 0.1) is 5.82 Å². The first-order valence-electron chi connectivity index (χ1n) is 6.69. The molecule has 2 rings (SSSR count). The number of carbonyl (C=O) groups is 2. The molecule has 1 aromatic carbocycles. The van der Waals surface area contributed by atoms with E-state index in [1.54, 1.807) is 19.2 Å². The molecule has 0 spiro atoms. The normalized spacial score (nSPS) is 16.3. The number of rotatable bonds is 5. The summed E-state index contributed by atoms with van der Waals surface area (Å²) in [5.74, 6) is -1.40. The van der Waals surface area contributed by atoms with Crippen molar-refractivity contribution in [2.75, 3.05) is 13.6 Å². The van der Waals surface area contributed by atoms with Gasteiger partial charge in [-0.25, -0.2) is 4.39 Å². The van der Waals surface area contributed by atoms with E-state index in [1.807, 2.05) is 0 Å². The molecule has 1 N–H and O–H groups in total. The lowest BCUT2D eigenvalue weighted by Crippen LogP contribution is -2.50. The predicted octanol–water partition coefficient (Wildman–Crippen LogP) is 2.18. The first-order chi connectivity index (χ1) is 9.45. The van der Waals surface area contributed by atoms with E-state index in [0.717, 1.165) is 6.42 Å². The second kappa shape index (κ2) is 5.61. The highest BCUT2D eigenvalue weighted by atomic mass is 19.1. The predicted molar refractivity (Wildman–Crippen MR) is 71.8 cm³/mol. The topological polar surface area (TPSA) is 57.6 Å². The van der Waals surface area contributed by atoms with E-state index in [4.69, 9.17) is 5.11 Å². The lowest BCUT2D eigenvalue weighted by Gasteiger charge is -2.43. The lowest BCUT2D eigenvalue weighted by atomic mass is 9.63. The Kier molecular flexibility index (Phi) is 4.06. The van der Waals surface area contributed by atoms with Gasteiger partial charge in [-0.05, 0) is 30.5 Å². The number of aliphatic carboxylic acids is 1. The van der Waals surface area contributed by atoms with Gasteiger partial charge in [0, 0.05) is 13.6 Å². The van der Waals surface area contributed by atoms with Crippen molar-refractivity contribution in [3.63, 3.8) is 0 Å². The smallest absolute Gasteiger partial charge is 0.305 e. The van der Waals surface area contributed by atoms with Crippen LogP contribution in [0.3, 0.4) is 0 Å². The molecule has 0 saturated heterocycles. The third-order valence-electron chi connectivity index (χ3n) is 4.00. The van der Waals surface area contributed by atoms with Crippen molar-refractivity contribution < 1.29 is 19.1 Å². The van der Waals surface area contributed by atoms with Crippen molar-refractivity contribution in [2.24, 2.45) is 0 Å². The molecule has 108 valence electrons. The van der Waals surface area contributed by atoms with Gasteiger partial charge in [0.15, 0.2) is 0 Å². The van der Waals surface area contributed by atoms with Crippen LogP contribution in [0.2, 0.25) is 0 Å². The average Bonchev–Trinajstić information content (AvgIpc) is 2.34. The zero-order chi connectivity index (χ0) is 14.8. The molecule has 0 aliphatic heterocycles. The van der Waals surface area contributed by atoms with Gasteiger partial charge in [0.1, 0.15) is 5.82 Å². The van der Waals surface area contributed by atoms with Crippen LogP contribution >= 0.6 is 0 Å². The Hall–Kier alpha value is -1.91. The van der Waals surface area contributed by atoms with E-state index in [0.29, 0.717) is 18.4 Å². The fourth-order valence-electron chi connectivity index (χ4n) is 2.67. The number of carbonyl (C=O) groups excluding carboxylic acids is 1. The summed E-state index contributed by atoms with van der Waals surface area (Å²) in [4.78, 5) is 24.6. The van der Waals surface area contributed by atoms with Gasteiger partial charge in [0.25, 0.3) is 0 Å². The van der Waals surface area contributed by atoms with Crippen LogP contribution in [0.25, 0.3) is 0 Å². The minimum Gasteiger partial charge on any atom is -0.481 e. The van der Waals surface area contributed by atoms with E-state index >= 15 is 0 Å². The van der Waals surface area contributed by atoms with Crippen molar-refractivity contribution in [3.05, 3.63) is 35.6 Å². The summed E-state index contributed by atoms with van der Waals surface area (Å²) in [6.07, 6.45) is 2.22. The van der Waals surface area contributed by atoms with Gasteiger partial charge in [-0.1, -0.05) is 18.6 Å². The van der Waals surface area contributed by atoms with Crippen LogP contribution in [-0.4, -0.2) is 35.5 Å². The van der Waals surface area contributed by atoms with Crippen LogP contribution in [0.1, 0.15) is 31.2 Å². The Balaban J connectivity index is 2.18. The Morgan fingerprint density at radius 1 is 1.40 bits per heavy atom. The minimum absolute atomic E-state index is 0.0819. The van der Waals surface area contributed by atoms with Gasteiger partial charge in [0.05, 0.1) is 11.8 Å². The monoisotopic (exact) mass is 279 g/mol. The molecule has 0 radical (unpaired) electrons. The zero-order valence-electron chi connectivity index (χ0n) is 11.4. The second-order valence-electron chi connectivity index (χ2n) is 5.32. The molecule has 5 heteroatoms. The number of hydrogen-bond donors (Lipinski definition) is 1. The lowest BCUT2D eigenvalue weighted by molar-refractivity contribution is -0.141. The fraction of sp³-hybridized carbons (Fsp3) is 0.467. The van der Waals surface area contributed by atoms with Gasteiger partial charge in [-0.3, -0.25) is 9.59 Å². The van der Waals surface area contributed by atoms with E-state index in [1.165, 1.54) is 17.0 Å². The number of nitrogens with zero attached hydrogens (tertiary/aromatic N) is 1. The third kappa shape index (κ3) is 2.66. The molecule has 1 amide bonds. The molecular formula is C15H18FNO3. The number of benzene rings is 1. The number of carboxylic acid groups (broad SMARTS) is 1. The van der Waals surface area contributed by atoms with Crippen LogP contribution in [0.4, 0.5) is 4.39 Å². The van der Waals surface area contributed by atoms with Crippen molar-refractivity contribution in [1.82, 2.24) is 4.90 Å². The van der Waals surface area contributed by atoms with Gasteiger partial charge in [0.2, 0.25) is 5.91 Å². The Bertz CT molecular complexity index is 526. The van der Waals surface area contributed by atoms with Crippen LogP contribution in [0.5, 0.6) is 0 Å². The van der Waals surface area contributed by atoms with Gasteiger partial charge < -0.3 is 10.0 Å². The molecule has 1 aliphatic rings. The summed E-state index contributed by atoms with van der Waals surface area (Å²) in [6, 6.07) is 6.14. The number of likely N-dealkylation sites (N-methyl/N-ethyl adjacent to an activating group) is 1. The van der Waals surface area contributed by atoms with E-state index in [-0.39, 0.29) is 24.7 Å². The third-order valence-corrected chi connectivity index (χ3v) is 4.00. The molecule has 1 saturated carbocycles. The molecule has 4 nitrogen and oxygen atoms in total. The van der Waals surface area contributed by atoms with Gasteiger partial charge in [-0.2, -0.15) is 0 Å². The van der Waals surface area contributed by atoms with Crippen molar-refractivity contribution in [3.8, 4) is 0 Å². The Labute approximate surface area is 117 Å². The van der Waals surface area contributed by atoms with Crippen LogP contribution in [-0.2, 0) is 15.0 Å². The number of hydrogen-bond acceptors (Lipinski definition) is 2. The zero-order valence-corrected chi connectivity index (χ0v) is 11.4. The quantitative estimate of drug-likeness (QED) is 0.898. The first-order valence-corrected chi connectivity index (χ1v) is 6.69. The maximum atomic E-state index is 13.4. The van der Waals surface area contributed by atoms with E-state index in [2.05, 4.69) is 0 Å². The van der Waals surface area contributed by atoms with Crippen molar-refractivity contribution >= 4 is 11.9 Å². The summed E-state index contributed by atoms with van der Waals surface area (Å²) >= 11 is 0. The SMILES string of the molecule is CN(CCC(=O)O)C(=O)C1(c2cccc(F)c2)CCC1. The highest BCUT2D eigenvalue weighted by molar-refractivity contribution is 5.89. The van der Waals surface area contributed by atoms with Gasteiger partial charge >= 0.3 is 5.97 Å². The summed E-state index contributed by atoms with van der Waals surface area (Å²) < 4.78 is 13.4. The van der Waals surface area contributed by atoms with Gasteiger partial charge in [-0.15, -0.1) is 0 Å². The molecule has 0 aromatic heterocycles. The second-order valence-corrected chi connectivity index (χ2v) is 5.32. The molecule has 20 heavy (non-hydrogen) atoms. The maximum absolute atomic E-state index is 13.4. The Morgan fingerprint density at radius 2 is 2.10 bits per heavy atom. The van der Waals surface area contributed by atoms with E-state index < -0.39 is 11.4 Å². The minimum atomic E-state index is -0.932. The van der Waals surface area contributed by atoms with Crippen LogP contribution in [0.15, 0.2) is 24.3 Å². The first kappa shape index (κ1) is 14.5. The summed E-state index contributed by atoms with van der Waals surface area (Å²) in [5, 5.41) is 8.68. The molecule has 0 atom stereocenters. The average molecular weight is 279 g/mol. The summed E-state index contributed by atoms with van der Waals surface area (Å²) in [7, 11) is 1.60. The molecule has 1 aliphatic carbocycles. The molecule has 0 heterocycles. The fourth-order valence-corrected chi connectivity index (χ4v) is 2.67. The molecule has 1 aromatic rings. The van der Waals surface area contributed by atoms with Crippen molar-refractivity contribution in [1.29, 1.82) is 0 Å². The molecular weight excluding hydrogens is 261 g/mol.